The van der Waals surface area contributed by atoms with Crippen LogP contribution in [0.1, 0.15) is 22.8 Å². The monoisotopic (exact) mass is 245 g/mol. The van der Waals surface area contributed by atoms with Crippen molar-refractivity contribution in [2.75, 3.05) is 19.1 Å². The lowest BCUT2D eigenvalue weighted by atomic mass is 9.83. The zero-order chi connectivity index (χ0) is 13.5. The van der Waals surface area contributed by atoms with Gasteiger partial charge in [0.2, 0.25) is 5.91 Å². The van der Waals surface area contributed by atoms with Gasteiger partial charge < -0.3 is 9.64 Å². The molecule has 0 spiro atoms. The summed E-state index contributed by atoms with van der Waals surface area (Å²) in [6.07, 6.45) is 1.61. The van der Waals surface area contributed by atoms with Crippen LogP contribution in [0.3, 0.4) is 0 Å². The second-order valence-electron chi connectivity index (χ2n) is 4.49. The predicted molar refractivity (Wildman–Crippen MR) is 68.7 cm³/mol. The average molecular weight is 245 g/mol. The first-order chi connectivity index (χ1) is 8.45. The molecule has 1 aliphatic rings. The summed E-state index contributed by atoms with van der Waals surface area (Å²) in [6, 6.07) is 5.11. The molecule has 4 nitrogen and oxygen atoms in total. The summed E-state index contributed by atoms with van der Waals surface area (Å²) in [7, 11) is 3.05. The lowest BCUT2D eigenvalue weighted by Crippen LogP contribution is -2.34. The fourth-order valence-corrected chi connectivity index (χ4v) is 2.26. The Labute approximate surface area is 106 Å². The summed E-state index contributed by atoms with van der Waals surface area (Å²) >= 11 is 0. The van der Waals surface area contributed by atoms with E-state index in [4.69, 9.17) is 0 Å². The van der Waals surface area contributed by atoms with E-state index in [1.165, 1.54) is 7.11 Å². The number of methoxy groups -OCH3 is 1. The van der Waals surface area contributed by atoms with Gasteiger partial charge in [-0.05, 0) is 30.7 Å². The minimum absolute atomic E-state index is 0.0467. The summed E-state index contributed by atoms with van der Waals surface area (Å²) in [5, 5.41) is 0. The van der Waals surface area contributed by atoms with Crippen LogP contribution in [0, 0.1) is 0 Å². The molecular weight excluding hydrogens is 230 g/mol. The van der Waals surface area contributed by atoms with Gasteiger partial charge in [0.1, 0.15) is 0 Å². The van der Waals surface area contributed by atoms with Crippen LogP contribution < -0.4 is 4.90 Å². The van der Waals surface area contributed by atoms with Crippen LogP contribution in [-0.2, 0) is 14.9 Å². The molecule has 0 radical (unpaired) electrons. The van der Waals surface area contributed by atoms with Gasteiger partial charge in [-0.2, -0.15) is 0 Å². The third-order valence-corrected chi connectivity index (χ3v) is 3.50. The van der Waals surface area contributed by atoms with Crippen LogP contribution in [0.4, 0.5) is 5.69 Å². The van der Waals surface area contributed by atoms with Gasteiger partial charge in [-0.25, -0.2) is 4.79 Å². The Balaban J connectivity index is 2.63. The number of carbonyl (C=O) groups is 2. The van der Waals surface area contributed by atoms with Crippen molar-refractivity contribution in [3.8, 4) is 0 Å². The number of rotatable bonds is 2. The Bertz CT molecular complexity index is 550. The lowest BCUT2D eigenvalue weighted by Gasteiger charge is -2.18. The van der Waals surface area contributed by atoms with Crippen molar-refractivity contribution in [3.05, 3.63) is 42.0 Å². The fraction of sp³-hybridized carbons (Fsp3) is 0.286. The molecule has 0 bridgehead atoms. The van der Waals surface area contributed by atoms with Crippen molar-refractivity contribution in [1.82, 2.24) is 0 Å². The van der Waals surface area contributed by atoms with Crippen molar-refractivity contribution in [2.45, 2.75) is 12.3 Å². The normalized spacial score (nSPS) is 21.7. The van der Waals surface area contributed by atoms with Crippen LogP contribution >= 0.6 is 0 Å². The summed E-state index contributed by atoms with van der Waals surface area (Å²) in [6.45, 7) is 5.53. The number of hydrogen-bond donors (Lipinski definition) is 0. The second-order valence-corrected chi connectivity index (χ2v) is 4.49. The summed E-state index contributed by atoms with van der Waals surface area (Å²) in [5.41, 5.74) is 1.24. The zero-order valence-corrected chi connectivity index (χ0v) is 10.7. The highest BCUT2D eigenvalue weighted by atomic mass is 16.5. The molecule has 94 valence electrons. The first kappa shape index (κ1) is 12.4. The third-order valence-electron chi connectivity index (χ3n) is 3.50. The zero-order valence-electron chi connectivity index (χ0n) is 10.7. The number of hydrogen-bond acceptors (Lipinski definition) is 3. The van der Waals surface area contributed by atoms with Gasteiger partial charge in [-0.15, -0.1) is 6.58 Å². The van der Waals surface area contributed by atoms with Crippen molar-refractivity contribution < 1.29 is 14.3 Å². The molecule has 4 heteroatoms. The number of likely N-dealkylation sites (N-methyl/N-ethyl adjacent to an activating group) is 1. The van der Waals surface area contributed by atoms with E-state index in [2.05, 4.69) is 11.3 Å². The van der Waals surface area contributed by atoms with Crippen LogP contribution in [0.15, 0.2) is 30.9 Å². The Morgan fingerprint density at radius 3 is 2.72 bits per heavy atom. The first-order valence-electron chi connectivity index (χ1n) is 5.60. The number of esters is 1. The molecule has 0 aromatic heterocycles. The largest absolute Gasteiger partial charge is 0.465 e. The Kier molecular flexibility index (Phi) is 2.73. The number of anilines is 1. The maximum Gasteiger partial charge on any atom is 0.337 e. The molecular formula is C14H15NO3. The van der Waals surface area contributed by atoms with Crippen LogP contribution in [0.25, 0.3) is 0 Å². The topological polar surface area (TPSA) is 46.6 Å². The van der Waals surface area contributed by atoms with Crippen LogP contribution in [0.5, 0.6) is 0 Å². The van der Waals surface area contributed by atoms with E-state index >= 15 is 0 Å². The van der Waals surface area contributed by atoms with Gasteiger partial charge in [0, 0.05) is 12.7 Å². The minimum atomic E-state index is -0.784. The van der Waals surface area contributed by atoms with Crippen molar-refractivity contribution >= 4 is 17.6 Å². The first-order valence-corrected chi connectivity index (χ1v) is 5.60. The summed E-state index contributed by atoms with van der Waals surface area (Å²) in [5.74, 6) is -0.458. The van der Waals surface area contributed by atoms with E-state index in [0.29, 0.717) is 5.56 Å². The summed E-state index contributed by atoms with van der Waals surface area (Å²) in [4.78, 5) is 25.3. The summed E-state index contributed by atoms with van der Waals surface area (Å²) < 4.78 is 4.69. The van der Waals surface area contributed by atoms with E-state index in [-0.39, 0.29) is 5.91 Å². The average Bonchev–Trinajstić information content (AvgIpc) is 2.60. The molecule has 0 fully saturated rings. The third kappa shape index (κ3) is 1.45. The number of ether oxygens (including phenoxy) is 1. The standard InChI is InChI=1S/C14H15NO3/c1-5-14(2)10-8-9(12(16)18-4)6-7-11(10)15(3)13(14)17/h5-8H,1H2,2-4H3/t14-/m1/s1. The molecule has 0 aliphatic carbocycles. The minimum Gasteiger partial charge on any atom is -0.465 e. The van der Waals surface area contributed by atoms with Gasteiger partial charge in [0.25, 0.3) is 0 Å². The molecule has 1 heterocycles. The molecule has 0 saturated heterocycles. The molecule has 1 atom stereocenters. The van der Waals surface area contributed by atoms with Crippen LogP contribution in [0.2, 0.25) is 0 Å². The highest BCUT2D eigenvalue weighted by molar-refractivity contribution is 6.09. The number of benzene rings is 1. The number of amides is 1. The maximum absolute atomic E-state index is 12.2. The van der Waals surface area contributed by atoms with Crippen molar-refractivity contribution in [3.63, 3.8) is 0 Å². The molecule has 0 N–H and O–H groups in total. The number of fused-ring (bicyclic) bond motifs is 1. The number of carbonyl (C=O) groups excluding carboxylic acids is 2. The van der Waals surface area contributed by atoms with Gasteiger partial charge in [0.05, 0.1) is 18.1 Å². The van der Waals surface area contributed by atoms with Crippen molar-refractivity contribution in [1.29, 1.82) is 0 Å². The Morgan fingerprint density at radius 2 is 2.17 bits per heavy atom. The Hall–Kier alpha value is -2.10. The molecule has 2 rings (SSSR count). The molecule has 1 aromatic carbocycles. The molecule has 18 heavy (non-hydrogen) atoms. The molecule has 1 aromatic rings. The second kappa shape index (κ2) is 3.98. The van der Waals surface area contributed by atoms with Crippen LogP contribution in [-0.4, -0.2) is 26.0 Å². The lowest BCUT2D eigenvalue weighted by molar-refractivity contribution is -0.120. The number of nitrogens with zero attached hydrogens (tertiary/aromatic N) is 1. The molecule has 1 amide bonds. The molecule has 0 unspecified atom stereocenters. The van der Waals surface area contributed by atoms with Gasteiger partial charge in [0.15, 0.2) is 0 Å². The SMILES string of the molecule is C=C[C@@]1(C)C(=O)N(C)c2ccc(C(=O)OC)cc21. The predicted octanol–water partition coefficient (Wildman–Crippen LogP) is 1.89. The van der Waals surface area contributed by atoms with Gasteiger partial charge in [-0.3, -0.25) is 4.79 Å². The van der Waals surface area contributed by atoms with Gasteiger partial charge >= 0.3 is 5.97 Å². The van der Waals surface area contributed by atoms with Gasteiger partial charge in [-0.1, -0.05) is 6.08 Å². The smallest absolute Gasteiger partial charge is 0.337 e. The van der Waals surface area contributed by atoms with Crippen molar-refractivity contribution in [2.24, 2.45) is 0 Å². The van der Waals surface area contributed by atoms with E-state index in [1.807, 2.05) is 0 Å². The van der Waals surface area contributed by atoms with E-state index in [0.717, 1.165) is 11.3 Å². The van der Waals surface area contributed by atoms with E-state index in [9.17, 15) is 9.59 Å². The molecule has 0 saturated carbocycles. The Morgan fingerprint density at radius 1 is 1.50 bits per heavy atom. The highest BCUT2D eigenvalue weighted by Crippen LogP contribution is 2.42. The fourth-order valence-electron chi connectivity index (χ4n) is 2.26. The van der Waals surface area contributed by atoms with E-state index < -0.39 is 11.4 Å². The maximum atomic E-state index is 12.2. The molecule has 1 aliphatic heterocycles. The quantitative estimate of drug-likeness (QED) is 0.590. The highest BCUT2D eigenvalue weighted by Gasteiger charge is 2.44. The van der Waals surface area contributed by atoms with E-state index in [1.54, 1.807) is 43.1 Å².